The maximum absolute atomic E-state index is 10.9. The molecule has 5 nitrogen and oxygen atoms in total. The third kappa shape index (κ3) is 1.65. The molecule has 2 rings (SSSR count). The summed E-state index contributed by atoms with van der Waals surface area (Å²) in [4.78, 5) is 0. The fourth-order valence-electron chi connectivity index (χ4n) is 3.25. The molecule has 2 fully saturated rings. The Morgan fingerprint density at radius 1 is 1.06 bits per heavy atom. The Morgan fingerprint density at radius 3 is 1.61 bits per heavy atom. The Labute approximate surface area is 108 Å². The summed E-state index contributed by atoms with van der Waals surface area (Å²) in [5, 5.41) is 10.9. The van der Waals surface area contributed by atoms with Crippen LogP contribution in [0.1, 0.15) is 26.7 Å². The molecule has 0 radical (unpaired) electrons. The van der Waals surface area contributed by atoms with Crippen molar-refractivity contribution in [3.05, 3.63) is 0 Å². The first-order valence-electron chi connectivity index (χ1n) is 6.58. The lowest BCUT2D eigenvalue weighted by Gasteiger charge is -2.59. The first-order valence-corrected chi connectivity index (χ1v) is 6.58. The highest BCUT2D eigenvalue weighted by Crippen LogP contribution is 2.53. The van der Waals surface area contributed by atoms with Crippen LogP contribution in [0, 0.1) is 10.8 Å². The molecule has 4 unspecified atom stereocenters. The van der Waals surface area contributed by atoms with Crippen molar-refractivity contribution >= 4 is 0 Å². The average molecular weight is 260 g/mol. The summed E-state index contributed by atoms with van der Waals surface area (Å²) < 4.78 is 21.5. The van der Waals surface area contributed by atoms with Gasteiger partial charge in [-0.25, -0.2) is 0 Å². The number of ether oxygens (including phenoxy) is 4. The van der Waals surface area contributed by atoms with Gasteiger partial charge in [0.05, 0.1) is 30.1 Å². The Kier molecular flexibility index (Phi) is 3.99. The lowest BCUT2D eigenvalue weighted by Crippen LogP contribution is -2.70. The van der Waals surface area contributed by atoms with Gasteiger partial charge in [0, 0.05) is 14.2 Å². The third-order valence-corrected chi connectivity index (χ3v) is 4.78. The second kappa shape index (κ2) is 5.06. The van der Waals surface area contributed by atoms with Gasteiger partial charge in [-0.2, -0.15) is 0 Å². The number of hydrogen-bond donors (Lipinski definition) is 1. The minimum atomic E-state index is -0.544. The van der Waals surface area contributed by atoms with Crippen LogP contribution in [0.15, 0.2) is 0 Å². The van der Waals surface area contributed by atoms with Gasteiger partial charge in [0.2, 0.25) is 0 Å². The Morgan fingerprint density at radius 2 is 1.44 bits per heavy atom. The molecule has 0 aromatic heterocycles. The van der Waals surface area contributed by atoms with E-state index in [9.17, 15) is 5.11 Å². The molecule has 18 heavy (non-hydrogen) atoms. The van der Waals surface area contributed by atoms with Crippen LogP contribution in [0.25, 0.3) is 0 Å². The van der Waals surface area contributed by atoms with Crippen molar-refractivity contribution in [2.45, 2.75) is 45.4 Å². The molecule has 0 bridgehead atoms. The lowest BCUT2D eigenvalue weighted by atomic mass is 9.61. The molecule has 5 heteroatoms. The van der Waals surface area contributed by atoms with Gasteiger partial charge in [-0.3, -0.25) is 0 Å². The normalized spacial score (nSPS) is 45.2. The smallest absolute Gasteiger partial charge is 0.167 e. The molecule has 2 saturated heterocycles. The summed E-state index contributed by atoms with van der Waals surface area (Å²) in [6, 6.07) is 0. The highest BCUT2D eigenvalue weighted by molar-refractivity contribution is 5.07. The van der Waals surface area contributed by atoms with Gasteiger partial charge in [0.1, 0.15) is 0 Å². The van der Waals surface area contributed by atoms with Crippen LogP contribution in [0.5, 0.6) is 0 Å². The van der Waals surface area contributed by atoms with Gasteiger partial charge in [-0.15, -0.1) is 0 Å². The summed E-state index contributed by atoms with van der Waals surface area (Å²) in [5.41, 5.74) is -0.684. The topological polar surface area (TPSA) is 57.2 Å². The first kappa shape index (κ1) is 14.2. The molecular formula is C13H24O5. The minimum absolute atomic E-state index is 0.334. The van der Waals surface area contributed by atoms with Crippen molar-refractivity contribution in [3.63, 3.8) is 0 Å². The number of aliphatic hydroxyl groups excluding tert-OH is 1. The third-order valence-electron chi connectivity index (χ3n) is 4.78. The molecule has 0 aliphatic carbocycles. The largest absolute Gasteiger partial charge is 0.391 e. The quantitative estimate of drug-likeness (QED) is 0.776. The zero-order valence-electron chi connectivity index (χ0n) is 11.6. The summed E-state index contributed by atoms with van der Waals surface area (Å²) in [6.07, 6.45) is 0.408. The van der Waals surface area contributed by atoms with E-state index < -0.39 is 6.10 Å². The van der Waals surface area contributed by atoms with Crippen molar-refractivity contribution in [2.24, 2.45) is 10.8 Å². The molecular weight excluding hydrogens is 236 g/mol. The Balaban J connectivity index is 2.21. The van der Waals surface area contributed by atoms with E-state index in [2.05, 4.69) is 13.8 Å². The molecule has 0 saturated carbocycles. The summed E-state index contributed by atoms with van der Waals surface area (Å²) in [7, 11) is 3.23. The van der Waals surface area contributed by atoms with E-state index >= 15 is 0 Å². The zero-order valence-corrected chi connectivity index (χ0v) is 11.6. The maximum atomic E-state index is 10.9. The van der Waals surface area contributed by atoms with Crippen molar-refractivity contribution in [3.8, 4) is 0 Å². The van der Waals surface area contributed by atoms with Gasteiger partial charge in [0.25, 0.3) is 0 Å². The molecule has 2 aliphatic heterocycles. The molecule has 4 atom stereocenters. The van der Waals surface area contributed by atoms with Crippen molar-refractivity contribution in [1.82, 2.24) is 0 Å². The lowest BCUT2D eigenvalue weighted by molar-refractivity contribution is -0.391. The van der Waals surface area contributed by atoms with Crippen LogP contribution >= 0.6 is 0 Å². The van der Waals surface area contributed by atoms with Crippen molar-refractivity contribution < 1.29 is 24.1 Å². The average Bonchev–Trinajstić information content (AvgIpc) is 2.30. The number of hydrogen-bond acceptors (Lipinski definition) is 5. The molecule has 0 aromatic carbocycles. The van der Waals surface area contributed by atoms with Gasteiger partial charge >= 0.3 is 0 Å². The van der Waals surface area contributed by atoms with E-state index in [1.165, 1.54) is 0 Å². The number of rotatable bonds is 6. The zero-order chi connectivity index (χ0) is 13.4. The number of methoxy groups -OCH3 is 2. The second-order valence-electron chi connectivity index (χ2n) is 5.33. The van der Waals surface area contributed by atoms with E-state index in [-0.39, 0.29) is 23.4 Å². The van der Waals surface area contributed by atoms with E-state index in [0.717, 1.165) is 12.8 Å². The van der Waals surface area contributed by atoms with Crippen LogP contribution in [-0.4, -0.2) is 51.2 Å². The van der Waals surface area contributed by atoms with Crippen LogP contribution in [0.4, 0.5) is 0 Å². The predicted molar refractivity (Wildman–Crippen MR) is 65.0 cm³/mol. The van der Waals surface area contributed by atoms with E-state index in [0.29, 0.717) is 13.2 Å². The van der Waals surface area contributed by atoms with Crippen LogP contribution in [0.2, 0.25) is 0 Å². The van der Waals surface area contributed by atoms with Crippen LogP contribution < -0.4 is 0 Å². The standard InChI is InChI=1S/C13H24O5/c1-5-12(7-17-10(12)15-3)9(14)13(6-2)8-18-11(13)16-4/h9-11,14H,5-8H2,1-4H3. The highest BCUT2D eigenvalue weighted by Gasteiger charge is 2.64. The summed E-state index contributed by atoms with van der Waals surface area (Å²) >= 11 is 0. The van der Waals surface area contributed by atoms with Crippen LogP contribution in [-0.2, 0) is 18.9 Å². The van der Waals surface area contributed by atoms with Gasteiger partial charge in [-0.05, 0) is 12.8 Å². The highest BCUT2D eigenvalue weighted by atomic mass is 16.7. The van der Waals surface area contributed by atoms with Crippen molar-refractivity contribution in [1.29, 1.82) is 0 Å². The molecule has 0 spiro atoms. The van der Waals surface area contributed by atoms with E-state index in [4.69, 9.17) is 18.9 Å². The fraction of sp³-hybridized carbons (Fsp3) is 1.00. The molecule has 0 amide bonds. The molecule has 2 aliphatic rings. The van der Waals surface area contributed by atoms with Gasteiger partial charge < -0.3 is 24.1 Å². The fourth-order valence-corrected chi connectivity index (χ4v) is 3.25. The van der Waals surface area contributed by atoms with E-state index in [1.54, 1.807) is 14.2 Å². The van der Waals surface area contributed by atoms with Crippen molar-refractivity contribution in [2.75, 3.05) is 27.4 Å². The molecule has 106 valence electrons. The molecule has 2 heterocycles. The Bertz CT molecular complexity index is 257. The maximum Gasteiger partial charge on any atom is 0.167 e. The van der Waals surface area contributed by atoms with Gasteiger partial charge in [0.15, 0.2) is 12.6 Å². The molecule has 0 aromatic rings. The predicted octanol–water partition coefficient (Wildman–Crippen LogP) is 1.15. The first-order chi connectivity index (χ1) is 8.61. The Hall–Kier alpha value is -0.200. The second-order valence-corrected chi connectivity index (χ2v) is 5.33. The summed E-state index contributed by atoms with van der Waals surface area (Å²) in [6.45, 7) is 5.17. The van der Waals surface area contributed by atoms with E-state index in [1.807, 2.05) is 0 Å². The molecule has 1 N–H and O–H groups in total. The minimum Gasteiger partial charge on any atom is -0.391 e. The SMILES string of the molecule is CCC1(C(O)C2(CC)COC2OC)COC1OC. The van der Waals surface area contributed by atoms with Crippen LogP contribution in [0.3, 0.4) is 0 Å². The summed E-state index contributed by atoms with van der Waals surface area (Å²) in [5.74, 6) is 0. The number of aliphatic hydroxyl groups is 1. The van der Waals surface area contributed by atoms with Gasteiger partial charge in [-0.1, -0.05) is 13.8 Å². The monoisotopic (exact) mass is 260 g/mol.